The Bertz CT molecular complexity index is 576. The first-order valence-corrected chi connectivity index (χ1v) is 7.07. The lowest BCUT2D eigenvalue weighted by Crippen LogP contribution is -2.44. The molecule has 9 heteroatoms. The Morgan fingerprint density at radius 3 is 2.25 bits per heavy atom. The van der Waals surface area contributed by atoms with Crippen molar-refractivity contribution in [2.75, 3.05) is 6.54 Å². The summed E-state index contributed by atoms with van der Waals surface area (Å²) in [6.07, 6.45) is -6.58. The molecule has 1 atom stereocenters. The maximum absolute atomic E-state index is 12.2. The molecule has 1 aromatic rings. The second kappa shape index (κ2) is 8.90. The largest absolute Gasteiger partial charge is 0.480 e. The lowest BCUT2D eigenvalue weighted by atomic mass is 10.1. The van der Waals surface area contributed by atoms with Crippen LogP contribution in [0.25, 0.3) is 0 Å². The number of hydrogen-bond acceptors (Lipinski definition) is 3. The van der Waals surface area contributed by atoms with Crippen molar-refractivity contribution in [2.45, 2.75) is 31.5 Å². The number of amides is 2. The molecule has 1 unspecified atom stereocenters. The molecule has 132 valence electrons. The fourth-order valence-corrected chi connectivity index (χ4v) is 1.86. The number of carbonyl (C=O) groups is 3. The van der Waals surface area contributed by atoms with Crippen molar-refractivity contribution in [3.8, 4) is 0 Å². The van der Waals surface area contributed by atoms with Crippen LogP contribution in [0.2, 0.25) is 0 Å². The van der Waals surface area contributed by atoms with E-state index in [4.69, 9.17) is 5.11 Å². The van der Waals surface area contributed by atoms with E-state index in [1.54, 1.807) is 35.6 Å². The van der Waals surface area contributed by atoms with Crippen LogP contribution in [-0.4, -0.2) is 41.7 Å². The molecule has 6 nitrogen and oxygen atoms in total. The van der Waals surface area contributed by atoms with Gasteiger partial charge in [-0.1, -0.05) is 30.3 Å². The van der Waals surface area contributed by atoms with Crippen molar-refractivity contribution in [1.82, 2.24) is 10.6 Å². The lowest BCUT2D eigenvalue weighted by Gasteiger charge is -2.16. The van der Waals surface area contributed by atoms with Crippen molar-refractivity contribution in [2.24, 2.45) is 0 Å². The number of benzene rings is 1. The lowest BCUT2D eigenvalue weighted by molar-refractivity contribution is -0.160. The van der Waals surface area contributed by atoms with Crippen LogP contribution < -0.4 is 10.6 Å². The van der Waals surface area contributed by atoms with Gasteiger partial charge < -0.3 is 15.7 Å². The summed E-state index contributed by atoms with van der Waals surface area (Å²) < 4.78 is 36.6. The van der Waals surface area contributed by atoms with E-state index in [1.807, 2.05) is 0 Å². The van der Waals surface area contributed by atoms with Gasteiger partial charge in [0.25, 0.3) is 0 Å². The highest BCUT2D eigenvalue weighted by Crippen LogP contribution is 2.21. The number of carboxylic acids is 1. The summed E-state index contributed by atoms with van der Waals surface area (Å²) >= 11 is 0. The van der Waals surface area contributed by atoms with Crippen LogP contribution in [0.3, 0.4) is 0 Å². The molecule has 0 aliphatic carbocycles. The van der Waals surface area contributed by atoms with Crippen LogP contribution in [0.15, 0.2) is 30.3 Å². The molecule has 0 fully saturated rings. The molecular formula is C15H17F3N2O4. The average Bonchev–Trinajstić information content (AvgIpc) is 2.46. The van der Waals surface area contributed by atoms with Gasteiger partial charge in [0.2, 0.25) is 11.8 Å². The highest BCUT2D eigenvalue weighted by atomic mass is 19.4. The fourth-order valence-electron chi connectivity index (χ4n) is 1.86. The van der Waals surface area contributed by atoms with Crippen LogP contribution in [0.5, 0.6) is 0 Å². The van der Waals surface area contributed by atoms with E-state index in [9.17, 15) is 27.6 Å². The van der Waals surface area contributed by atoms with Crippen LogP contribution in [0, 0.1) is 0 Å². The van der Waals surface area contributed by atoms with Gasteiger partial charge in [-0.25, -0.2) is 4.79 Å². The van der Waals surface area contributed by atoms with Gasteiger partial charge in [-0.3, -0.25) is 9.59 Å². The minimum atomic E-state index is -4.71. The predicted octanol–water partition coefficient (Wildman–Crippen LogP) is 1.26. The Morgan fingerprint density at radius 1 is 1.08 bits per heavy atom. The minimum Gasteiger partial charge on any atom is -0.480 e. The van der Waals surface area contributed by atoms with Gasteiger partial charge >= 0.3 is 12.1 Å². The molecule has 3 N–H and O–H groups in total. The van der Waals surface area contributed by atoms with E-state index in [1.165, 1.54) is 0 Å². The third-order valence-corrected chi connectivity index (χ3v) is 2.95. The SMILES string of the molecule is O=C(Cc1ccccc1)NCCC(=O)NC(CC(F)(F)F)C(=O)O. The van der Waals surface area contributed by atoms with E-state index < -0.39 is 30.5 Å². The summed E-state index contributed by atoms with van der Waals surface area (Å²) in [5.74, 6) is -3.00. The molecule has 0 aliphatic heterocycles. The van der Waals surface area contributed by atoms with Gasteiger partial charge in [0.05, 0.1) is 12.8 Å². The molecule has 0 heterocycles. The molecule has 2 amide bonds. The number of carboxylic acid groups (broad SMARTS) is 1. The molecule has 0 aromatic heterocycles. The Balaban J connectivity index is 2.34. The van der Waals surface area contributed by atoms with Gasteiger partial charge in [-0.15, -0.1) is 0 Å². The Kier molecular flexibility index (Phi) is 7.22. The first-order valence-electron chi connectivity index (χ1n) is 7.07. The number of rotatable bonds is 8. The normalized spacial score (nSPS) is 12.3. The zero-order valence-corrected chi connectivity index (χ0v) is 12.6. The standard InChI is InChI=1S/C15H17F3N2O4/c16-15(17,18)9-11(14(23)24)20-12(21)6-7-19-13(22)8-10-4-2-1-3-5-10/h1-5,11H,6-9H2,(H,19,22)(H,20,21)(H,23,24). The van der Waals surface area contributed by atoms with E-state index in [0.29, 0.717) is 0 Å². The molecule has 0 radical (unpaired) electrons. The molecule has 0 saturated carbocycles. The van der Waals surface area contributed by atoms with Gasteiger partial charge in [0.15, 0.2) is 0 Å². The predicted molar refractivity (Wildman–Crippen MR) is 78.0 cm³/mol. The Labute approximate surface area is 136 Å². The molecular weight excluding hydrogens is 329 g/mol. The second-order valence-corrected chi connectivity index (χ2v) is 5.04. The molecule has 0 bridgehead atoms. The average molecular weight is 346 g/mol. The van der Waals surface area contributed by atoms with Crippen LogP contribution in [0.1, 0.15) is 18.4 Å². The zero-order chi connectivity index (χ0) is 18.2. The topological polar surface area (TPSA) is 95.5 Å². The quantitative estimate of drug-likeness (QED) is 0.660. The molecule has 0 saturated heterocycles. The monoisotopic (exact) mass is 346 g/mol. The highest BCUT2D eigenvalue weighted by Gasteiger charge is 2.36. The fraction of sp³-hybridized carbons (Fsp3) is 0.400. The molecule has 24 heavy (non-hydrogen) atoms. The maximum Gasteiger partial charge on any atom is 0.391 e. The van der Waals surface area contributed by atoms with Gasteiger partial charge in [-0.2, -0.15) is 13.2 Å². The van der Waals surface area contributed by atoms with E-state index in [2.05, 4.69) is 5.32 Å². The summed E-state index contributed by atoms with van der Waals surface area (Å²) in [7, 11) is 0. The van der Waals surface area contributed by atoms with E-state index in [-0.39, 0.29) is 25.3 Å². The Hall–Kier alpha value is -2.58. The van der Waals surface area contributed by atoms with Crippen molar-refractivity contribution in [1.29, 1.82) is 0 Å². The van der Waals surface area contributed by atoms with Crippen LogP contribution >= 0.6 is 0 Å². The van der Waals surface area contributed by atoms with Gasteiger partial charge in [0, 0.05) is 13.0 Å². The first kappa shape index (κ1) is 19.5. The summed E-state index contributed by atoms with van der Waals surface area (Å²) in [6.45, 7) is -0.101. The van der Waals surface area contributed by atoms with Crippen LogP contribution in [-0.2, 0) is 20.8 Å². The summed E-state index contributed by atoms with van der Waals surface area (Å²) in [5.41, 5.74) is 0.774. The van der Waals surface area contributed by atoms with E-state index >= 15 is 0 Å². The minimum absolute atomic E-state index is 0.101. The second-order valence-electron chi connectivity index (χ2n) is 5.04. The van der Waals surface area contributed by atoms with E-state index in [0.717, 1.165) is 5.56 Å². The summed E-state index contributed by atoms with van der Waals surface area (Å²) in [5, 5.41) is 12.9. The Morgan fingerprint density at radius 2 is 1.71 bits per heavy atom. The number of hydrogen-bond donors (Lipinski definition) is 3. The molecule has 0 spiro atoms. The molecule has 0 aliphatic rings. The number of nitrogens with one attached hydrogen (secondary N) is 2. The number of halogens is 3. The summed E-state index contributed by atoms with van der Waals surface area (Å²) in [4.78, 5) is 33.8. The molecule has 1 rings (SSSR count). The van der Waals surface area contributed by atoms with Crippen molar-refractivity contribution in [3.05, 3.63) is 35.9 Å². The van der Waals surface area contributed by atoms with Gasteiger partial charge in [-0.05, 0) is 5.56 Å². The van der Waals surface area contributed by atoms with Crippen molar-refractivity contribution >= 4 is 17.8 Å². The smallest absolute Gasteiger partial charge is 0.391 e. The molecule has 1 aromatic carbocycles. The third kappa shape index (κ3) is 8.16. The maximum atomic E-state index is 12.2. The number of alkyl halides is 3. The number of carbonyl (C=O) groups excluding carboxylic acids is 2. The van der Waals surface area contributed by atoms with Gasteiger partial charge in [0.1, 0.15) is 6.04 Å². The zero-order valence-electron chi connectivity index (χ0n) is 12.6. The first-order chi connectivity index (χ1) is 11.2. The van der Waals surface area contributed by atoms with Crippen molar-refractivity contribution in [3.63, 3.8) is 0 Å². The summed E-state index contributed by atoms with van der Waals surface area (Å²) in [6, 6.07) is 6.79. The third-order valence-electron chi connectivity index (χ3n) is 2.95. The van der Waals surface area contributed by atoms with Crippen LogP contribution in [0.4, 0.5) is 13.2 Å². The van der Waals surface area contributed by atoms with Crippen molar-refractivity contribution < 1.29 is 32.7 Å². The number of aliphatic carboxylic acids is 1. The highest BCUT2D eigenvalue weighted by molar-refractivity contribution is 5.84.